The molecule has 139 heavy (non-hydrogen) atoms. The Bertz CT molecular complexity index is 7060. The van der Waals surface area contributed by atoms with Gasteiger partial charge in [-0.1, -0.05) is 105 Å². The number of phenolic OH excluding ortho intramolecular Hbond substituents is 10. The molecule has 0 unspecified atom stereocenters. The highest BCUT2D eigenvalue weighted by molar-refractivity contribution is 6.01. The van der Waals surface area contributed by atoms with Gasteiger partial charge < -0.3 is 98.4 Å². The number of nitro groups is 1. The number of aryl methyl sites for hydroxylation is 4. The van der Waals surface area contributed by atoms with Gasteiger partial charge in [-0.25, -0.2) is 24.0 Å². The number of phenols is 10. The second kappa shape index (κ2) is 34.5. The lowest BCUT2D eigenvalue weighted by atomic mass is 9.75. The zero-order valence-corrected chi connectivity index (χ0v) is 75.6. The van der Waals surface area contributed by atoms with E-state index in [0.717, 1.165) is 18.2 Å². The fraction of sp³-hybridized carbons (Fsp3) is 0.136. The Balaban J connectivity index is 0.000000113. The summed E-state index contributed by atoms with van der Waals surface area (Å²) in [6.45, 7) is 14.7. The highest BCUT2D eigenvalue weighted by atomic mass is 19.1. The number of hydrogen-bond acceptors (Lipinski definition) is 27. The fourth-order valence-corrected chi connectivity index (χ4v) is 19.5. The lowest BCUT2D eigenvalue weighted by Gasteiger charge is -2.38. The van der Waals surface area contributed by atoms with E-state index < -0.39 is 62.8 Å². The van der Waals surface area contributed by atoms with Gasteiger partial charge in [-0.2, -0.15) is 0 Å². The lowest BCUT2D eigenvalue weighted by Crippen LogP contribution is -2.34. The van der Waals surface area contributed by atoms with Crippen LogP contribution in [0.3, 0.4) is 0 Å². The number of benzene rings is 15. The average molecular weight is 1870 g/mol. The number of aromatic hydroxyl groups is 10. The number of nitrogens with zero attached hydrogens (tertiary/aromatic N) is 1. The van der Waals surface area contributed by atoms with Crippen molar-refractivity contribution in [1.29, 1.82) is 0 Å². The number of halogens is 1. The van der Waals surface area contributed by atoms with Crippen molar-refractivity contribution in [3.63, 3.8) is 0 Å². The average Bonchev–Trinajstić information content (AvgIpc) is 1.61. The summed E-state index contributed by atoms with van der Waals surface area (Å²) in [5, 5.41) is 109. The van der Waals surface area contributed by atoms with E-state index in [1.54, 1.807) is 137 Å². The molecule has 10 aliphatic rings. The number of rotatable bonds is 0. The van der Waals surface area contributed by atoms with E-state index in [9.17, 15) is 79.4 Å². The standard InChI is InChI=1S/C24H20O5.C22H16O5.3C20H12O5.C2H6.CH3F.CH3NO2/c1-11-9-17-21(13(3)19(11)25)28-22-14(4)20(26)12(2)10-18(22)24(17)16-8-6-5-7-15(16)23(27)29-24;1-11-7-15-19(9-17(11)23)26-20-10-18(24)12(2)8-16(20)22(15)14-6-4-3-5-13(14)21(25)27-22;3*21-11-5-7-15-17(9-11)24-18-10-12(22)6-8-16(18)20(15)14-4-2-1-3-13(14)19(23)25-20;2*1-2;1-2(3)4/h5-10,25-26H,1-4H3;3-10,23-24H,1-2H3;3*1-10,21-22H;1-2H3;1H3;1H3. The molecule has 25 rings (SSSR count). The first-order valence-corrected chi connectivity index (χ1v) is 43.6. The third kappa shape index (κ3) is 14.3. The molecule has 15 aromatic rings. The highest BCUT2D eigenvalue weighted by Gasteiger charge is 2.60. The van der Waals surface area contributed by atoms with Crippen LogP contribution in [0.15, 0.2) is 267 Å². The summed E-state index contributed by atoms with van der Waals surface area (Å²) >= 11 is 0. The van der Waals surface area contributed by atoms with Gasteiger partial charge >= 0.3 is 29.8 Å². The summed E-state index contributed by atoms with van der Waals surface area (Å²) in [5.41, 5.74) is 10.3. The van der Waals surface area contributed by atoms with Crippen LogP contribution < -0.4 is 23.7 Å². The van der Waals surface area contributed by atoms with Crippen molar-refractivity contribution in [2.75, 3.05) is 14.2 Å². The normalized spacial score (nSPS) is 15.0. The molecule has 0 saturated heterocycles. The summed E-state index contributed by atoms with van der Waals surface area (Å²) in [6, 6.07) is 74.6. The summed E-state index contributed by atoms with van der Waals surface area (Å²) in [7, 11) is 1.39. The van der Waals surface area contributed by atoms with E-state index in [2.05, 4.69) is 0 Å². The van der Waals surface area contributed by atoms with E-state index >= 15 is 0 Å². The Kier molecular flexibility index (Phi) is 22.7. The number of carbonyl (C=O) groups excluding carboxylic acids is 5. The molecule has 10 aliphatic heterocycles. The minimum Gasteiger partial charge on any atom is -0.508 e. The minimum absolute atomic E-state index is 0.0371. The largest absolute Gasteiger partial charge is 0.508 e. The molecular formula is C110H84FNO27. The Morgan fingerprint density at radius 2 is 0.439 bits per heavy atom. The Morgan fingerprint density at radius 3 is 0.662 bits per heavy atom. The molecule has 0 bridgehead atoms. The molecule has 0 amide bonds. The predicted molar refractivity (Wildman–Crippen MR) is 500 cm³/mol. The van der Waals surface area contributed by atoms with Crippen molar-refractivity contribution in [3.8, 4) is 115 Å². The van der Waals surface area contributed by atoms with Crippen LogP contribution in [0.25, 0.3) is 0 Å². The zero-order chi connectivity index (χ0) is 98.7. The highest BCUT2D eigenvalue weighted by Crippen LogP contribution is 2.65. The quantitative estimate of drug-likeness (QED) is 0.0292. The van der Waals surface area contributed by atoms with Crippen molar-refractivity contribution in [3.05, 3.63) is 422 Å². The Hall–Kier alpha value is -18.0. The summed E-state index contributed by atoms with van der Waals surface area (Å²) in [4.78, 5) is 71.5. The molecular weight excluding hydrogens is 1790 g/mol. The van der Waals surface area contributed by atoms with Crippen molar-refractivity contribution in [2.45, 2.75) is 83.4 Å². The molecule has 0 atom stereocenters. The first-order valence-electron chi connectivity index (χ1n) is 43.6. The molecule has 698 valence electrons. The van der Waals surface area contributed by atoms with Crippen LogP contribution in [-0.2, 0) is 51.7 Å². The van der Waals surface area contributed by atoms with Gasteiger partial charge in [0.2, 0.25) is 0 Å². The van der Waals surface area contributed by atoms with Crippen LogP contribution in [-0.4, -0.2) is 100 Å². The van der Waals surface area contributed by atoms with Crippen LogP contribution in [0.2, 0.25) is 0 Å². The van der Waals surface area contributed by atoms with E-state index in [-0.39, 0.29) is 57.5 Å². The van der Waals surface area contributed by atoms with Gasteiger partial charge in [0.05, 0.1) is 35.0 Å². The predicted octanol–water partition coefficient (Wildman–Crippen LogP) is 21.7. The maximum atomic E-state index is 12.9. The van der Waals surface area contributed by atoms with Gasteiger partial charge in [-0.15, -0.1) is 0 Å². The first kappa shape index (κ1) is 91.5. The van der Waals surface area contributed by atoms with Crippen LogP contribution in [0, 0.1) is 51.7 Å². The zero-order valence-electron chi connectivity index (χ0n) is 75.6. The molecule has 29 heteroatoms. The first-order chi connectivity index (χ1) is 66.7. The molecule has 0 radical (unpaired) electrons. The summed E-state index contributed by atoms with van der Waals surface area (Å²) in [6.07, 6.45) is 0. The number of esters is 5. The lowest BCUT2D eigenvalue weighted by molar-refractivity contribution is -0.445. The molecule has 10 heterocycles. The third-order valence-electron chi connectivity index (χ3n) is 25.5. The van der Waals surface area contributed by atoms with E-state index in [1.165, 1.54) is 84.9 Å². The summed E-state index contributed by atoms with van der Waals surface area (Å²) in [5.74, 6) is 2.49. The molecule has 10 N–H and O–H groups in total. The molecule has 15 aromatic carbocycles. The van der Waals surface area contributed by atoms with E-state index in [4.69, 9.17) is 57.5 Å². The number of carbonyl (C=O) groups is 5. The topological polar surface area (TPSA) is 423 Å². The minimum atomic E-state index is -1.21. The van der Waals surface area contributed by atoms with Gasteiger partial charge in [0, 0.05) is 148 Å². The second-order valence-electron chi connectivity index (χ2n) is 33.5. The number of fused-ring (bicyclic) bond motifs is 30. The van der Waals surface area contributed by atoms with Crippen molar-refractivity contribution < 1.29 is 132 Å². The van der Waals surface area contributed by atoms with Gasteiger partial charge in [0.1, 0.15) is 115 Å². The van der Waals surface area contributed by atoms with Gasteiger partial charge in [-0.05, 0) is 191 Å². The van der Waals surface area contributed by atoms with Gasteiger partial charge in [0.15, 0.2) is 35.1 Å². The molecule has 28 nitrogen and oxygen atoms in total. The summed E-state index contributed by atoms with van der Waals surface area (Å²) < 4.78 is 69.2. The van der Waals surface area contributed by atoms with Crippen LogP contribution in [0.1, 0.15) is 182 Å². The van der Waals surface area contributed by atoms with Gasteiger partial charge in [-0.3, -0.25) is 14.5 Å². The molecule has 5 spiro atoms. The third-order valence-corrected chi connectivity index (χ3v) is 25.5. The monoisotopic (exact) mass is 1870 g/mol. The smallest absolute Gasteiger partial charge is 0.340 e. The SMILES string of the molecule is CC.CF.C[N+](=O)[O-].Cc1cc2c(c(C)c1O)Oc1c(cc(C)c(O)c1C)C21OC(=O)c2ccccc21.Cc1cc2c(cc1O)Oc1cc(O)c(C)cc1C21OC(=O)c2ccccc21.O=C1OC2(c3ccc(O)cc3Oc3cc(O)ccc32)c2ccccc21.O=C1OC2(c3ccc(O)cc3Oc3cc(O)ccc32)c2ccccc21.O=C1OC2(c3ccc(O)cc3Oc3cc(O)ccc32)c2ccccc21. The van der Waals surface area contributed by atoms with Crippen molar-refractivity contribution in [1.82, 2.24) is 0 Å². The fourth-order valence-electron chi connectivity index (χ4n) is 19.5. The second-order valence-corrected chi connectivity index (χ2v) is 33.5. The van der Waals surface area contributed by atoms with Crippen molar-refractivity contribution >= 4 is 29.8 Å². The van der Waals surface area contributed by atoms with E-state index in [1.807, 2.05) is 100 Å². The maximum Gasteiger partial charge on any atom is 0.340 e. The van der Waals surface area contributed by atoms with Crippen LogP contribution in [0.5, 0.6) is 115 Å². The number of ether oxygens (including phenoxy) is 10. The van der Waals surface area contributed by atoms with Crippen molar-refractivity contribution in [2.24, 2.45) is 0 Å². The number of alkyl halides is 1. The maximum absolute atomic E-state index is 12.9. The van der Waals surface area contributed by atoms with E-state index in [0.29, 0.717) is 198 Å². The molecule has 0 saturated carbocycles. The van der Waals surface area contributed by atoms with Crippen LogP contribution in [0.4, 0.5) is 4.39 Å². The Morgan fingerprint density at radius 1 is 0.252 bits per heavy atom. The number of hydrogen-bond donors (Lipinski definition) is 10. The van der Waals surface area contributed by atoms with Gasteiger partial charge in [0.25, 0.3) is 0 Å². The molecule has 0 aromatic heterocycles. The van der Waals surface area contributed by atoms with Crippen LogP contribution >= 0.6 is 0 Å². The molecule has 0 aliphatic carbocycles. The molecule has 0 fully saturated rings. The Labute approximate surface area is 791 Å².